The van der Waals surface area contributed by atoms with Gasteiger partial charge in [-0.15, -0.1) is 0 Å². The lowest BCUT2D eigenvalue weighted by Crippen LogP contribution is -1.98. The summed E-state index contributed by atoms with van der Waals surface area (Å²) in [5.74, 6) is -0.520. The van der Waals surface area contributed by atoms with E-state index in [1.165, 1.54) is 24.3 Å². The Hall–Kier alpha value is -3.79. The van der Waals surface area contributed by atoms with Crippen molar-refractivity contribution in [2.45, 2.75) is 0 Å². The Labute approximate surface area is 168 Å². The van der Waals surface area contributed by atoms with E-state index >= 15 is 0 Å². The van der Waals surface area contributed by atoms with Crippen LogP contribution in [0.3, 0.4) is 0 Å². The van der Waals surface area contributed by atoms with Crippen molar-refractivity contribution in [2.24, 2.45) is 0 Å². The minimum atomic E-state index is -0.260. The maximum absolute atomic E-state index is 13.1. The molecule has 0 fully saturated rings. The predicted octanol–water partition coefficient (Wildman–Crippen LogP) is 6.49. The molecular formula is C25H18F2N2. The van der Waals surface area contributed by atoms with Gasteiger partial charge in [-0.1, -0.05) is 54.6 Å². The first-order valence-electron chi connectivity index (χ1n) is 9.20. The van der Waals surface area contributed by atoms with E-state index in [4.69, 9.17) is 0 Å². The molecule has 0 atom stereocenters. The number of hydrogen-bond acceptors (Lipinski definition) is 1. The summed E-state index contributed by atoms with van der Waals surface area (Å²) < 4.78 is 28.0. The van der Waals surface area contributed by atoms with E-state index in [9.17, 15) is 8.78 Å². The minimum Gasteiger partial charge on any atom is -0.233 e. The highest BCUT2D eigenvalue weighted by Gasteiger charge is 2.06. The molecule has 4 heteroatoms. The molecule has 0 saturated carbocycles. The van der Waals surface area contributed by atoms with Crippen LogP contribution >= 0.6 is 0 Å². The summed E-state index contributed by atoms with van der Waals surface area (Å²) >= 11 is 0. The third kappa shape index (κ3) is 4.74. The van der Waals surface area contributed by atoms with Crippen LogP contribution in [0.2, 0.25) is 0 Å². The number of benzene rings is 3. The summed E-state index contributed by atoms with van der Waals surface area (Å²) in [6.07, 6.45) is 7.65. The Bertz CT molecular complexity index is 1140. The van der Waals surface area contributed by atoms with Crippen molar-refractivity contribution in [3.05, 3.63) is 119 Å². The molecule has 2 nitrogen and oxygen atoms in total. The predicted molar refractivity (Wildman–Crippen MR) is 114 cm³/mol. The molecule has 0 N–H and O–H groups in total. The maximum Gasteiger partial charge on any atom is 0.123 e. The van der Waals surface area contributed by atoms with Crippen LogP contribution in [0.1, 0.15) is 22.5 Å². The molecule has 3 aromatic carbocycles. The number of rotatable bonds is 5. The number of hydrogen-bond donors (Lipinski definition) is 0. The van der Waals surface area contributed by atoms with E-state index in [2.05, 4.69) is 5.10 Å². The zero-order valence-electron chi connectivity index (χ0n) is 15.5. The fourth-order valence-corrected chi connectivity index (χ4v) is 2.90. The van der Waals surface area contributed by atoms with E-state index in [-0.39, 0.29) is 11.6 Å². The highest BCUT2D eigenvalue weighted by atomic mass is 19.1. The standard InChI is InChI=1S/C25H18F2N2/c26-21-12-6-19(7-13-21)10-16-23-18-25(17-11-20-8-14-22(27)15-9-20)29(28-23)24-4-2-1-3-5-24/h1-18H. The molecular weight excluding hydrogens is 366 g/mol. The molecule has 4 rings (SSSR count). The Morgan fingerprint density at radius 1 is 0.621 bits per heavy atom. The molecule has 0 aliphatic rings. The summed E-state index contributed by atoms with van der Waals surface area (Å²) in [6, 6.07) is 24.4. The number of halogens is 2. The third-order valence-electron chi connectivity index (χ3n) is 4.39. The van der Waals surface area contributed by atoms with Gasteiger partial charge in [-0.05, 0) is 65.7 Å². The Morgan fingerprint density at radius 3 is 1.76 bits per heavy atom. The second-order valence-corrected chi connectivity index (χ2v) is 6.51. The van der Waals surface area contributed by atoms with Crippen LogP contribution in [0.25, 0.3) is 30.0 Å². The normalized spacial score (nSPS) is 11.5. The van der Waals surface area contributed by atoms with Crippen LogP contribution in [-0.2, 0) is 0 Å². The molecule has 0 unspecified atom stereocenters. The largest absolute Gasteiger partial charge is 0.233 e. The monoisotopic (exact) mass is 384 g/mol. The van der Waals surface area contributed by atoms with Crippen LogP contribution in [0, 0.1) is 11.6 Å². The van der Waals surface area contributed by atoms with Gasteiger partial charge in [0.25, 0.3) is 0 Å². The molecule has 142 valence electrons. The number of nitrogens with zero attached hydrogens (tertiary/aromatic N) is 2. The molecule has 0 saturated heterocycles. The van der Waals surface area contributed by atoms with Crippen LogP contribution in [0.15, 0.2) is 84.9 Å². The van der Waals surface area contributed by atoms with E-state index in [1.54, 1.807) is 24.3 Å². The molecule has 0 bridgehead atoms. The van der Waals surface area contributed by atoms with Gasteiger partial charge in [-0.2, -0.15) is 5.10 Å². The van der Waals surface area contributed by atoms with Gasteiger partial charge in [0.15, 0.2) is 0 Å². The molecule has 1 aromatic heterocycles. The van der Waals surface area contributed by atoms with Crippen molar-refractivity contribution in [2.75, 3.05) is 0 Å². The topological polar surface area (TPSA) is 17.8 Å². The summed E-state index contributed by atoms with van der Waals surface area (Å²) in [5.41, 5.74) is 4.39. The molecule has 0 radical (unpaired) electrons. The zero-order valence-corrected chi connectivity index (χ0v) is 15.5. The van der Waals surface area contributed by atoms with Gasteiger partial charge in [0.05, 0.1) is 17.1 Å². The van der Waals surface area contributed by atoms with E-state index in [1.807, 2.05) is 65.4 Å². The summed E-state index contributed by atoms with van der Waals surface area (Å²) in [4.78, 5) is 0. The van der Waals surface area contributed by atoms with Crippen molar-refractivity contribution in [3.8, 4) is 5.69 Å². The molecule has 1 heterocycles. The van der Waals surface area contributed by atoms with Crippen LogP contribution in [0.4, 0.5) is 8.78 Å². The van der Waals surface area contributed by atoms with Crippen molar-refractivity contribution in [1.82, 2.24) is 9.78 Å². The van der Waals surface area contributed by atoms with Gasteiger partial charge in [0, 0.05) is 0 Å². The lowest BCUT2D eigenvalue weighted by molar-refractivity contribution is 0.627. The fourth-order valence-electron chi connectivity index (χ4n) is 2.90. The van der Waals surface area contributed by atoms with E-state index in [0.29, 0.717) is 0 Å². The first-order chi connectivity index (χ1) is 14.2. The van der Waals surface area contributed by atoms with Gasteiger partial charge in [-0.25, -0.2) is 13.5 Å². The lowest BCUT2D eigenvalue weighted by atomic mass is 10.2. The van der Waals surface area contributed by atoms with Crippen LogP contribution < -0.4 is 0 Å². The highest BCUT2D eigenvalue weighted by Crippen LogP contribution is 2.18. The van der Waals surface area contributed by atoms with E-state index < -0.39 is 0 Å². The zero-order chi connectivity index (χ0) is 20.1. The van der Waals surface area contributed by atoms with Gasteiger partial charge in [0.2, 0.25) is 0 Å². The number of para-hydroxylation sites is 1. The van der Waals surface area contributed by atoms with Crippen LogP contribution in [0.5, 0.6) is 0 Å². The Morgan fingerprint density at radius 2 is 1.17 bits per heavy atom. The number of aromatic nitrogens is 2. The maximum atomic E-state index is 13.1. The highest BCUT2D eigenvalue weighted by molar-refractivity contribution is 5.73. The smallest absolute Gasteiger partial charge is 0.123 e. The summed E-state index contributed by atoms with van der Waals surface area (Å²) in [6.45, 7) is 0. The van der Waals surface area contributed by atoms with Crippen LogP contribution in [-0.4, -0.2) is 9.78 Å². The fraction of sp³-hybridized carbons (Fsp3) is 0. The van der Waals surface area contributed by atoms with Crippen molar-refractivity contribution >= 4 is 24.3 Å². The Kier molecular flexibility index (Phi) is 5.43. The van der Waals surface area contributed by atoms with E-state index in [0.717, 1.165) is 28.2 Å². The Balaban J connectivity index is 1.67. The summed E-state index contributed by atoms with van der Waals surface area (Å²) in [7, 11) is 0. The first-order valence-corrected chi connectivity index (χ1v) is 9.20. The van der Waals surface area contributed by atoms with Crippen molar-refractivity contribution in [3.63, 3.8) is 0 Å². The minimum absolute atomic E-state index is 0.260. The van der Waals surface area contributed by atoms with Gasteiger partial charge in [-0.3, -0.25) is 0 Å². The second kappa shape index (κ2) is 8.48. The molecule has 29 heavy (non-hydrogen) atoms. The van der Waals surface area contributed by atoms with Gasteiger partial charge in [0.1, 0.15) is 11.6 Å². The average molecular weight is 384 g/mol. The molecule has 0 amide bonds. The quantitative estimate of drug-likeness (QED) is 0.384. The third-order valence-corrected chi connectivity index (χ3v) is 4.39. The molecule has 4 aromatic rings. The van der Waals surface area contributed by atoms with Crippen molar-refractivity contribution < 1.29 is 8.78 Å². The van der Waals surface area contributed by atoms with Gasteiger partial charge < -0.3 is 0 Å². The second-order valence-electron chi connectivity index (χ2n) is 6.51. The lowest BCUT2D eigenvalue weighted by Gasteiger charge is -2.03. The SMILES string of the molecule is Fc1ccc(C=Cc2cc(C=Cc3ccc(F)cc3)n(-c3ccccc3)n2)cc1. The summed E-state index contributed by atoms with van der Waals surface area (Å²) in [5, 5.41) is 4.68. The van der Waals surface area contributed by atoms with Crippen molar-refractivity contribution in [1.29, 1.82) is 0 Å². The average Bonchev–Trinajstić information content (AvgIpc) is 3.17. The van der Waals surface area contributed by atoms with Gasteiger partial charge >= 0.3 is 0 Å². The molecule has 0 aliphatic heterocycles. The molecule has 0 spiro atoms. The molecule has 0 aliphatic carbocycles. The first kappa shape index (κ1) is 18.6.